The Morgan fingerprint density at radius 3 is 2.73 bits per heavy atom. The molecule has 0 aromatic heterocycles. The Morgan fingerprint density at radius 1 is 1.45 bits per heavy atom. The van der Waals surface area contributed by atoms with Gasteiger partial charge in [-0.25, -0.2) is 0 Å². The van der Waals surface area contributed by atoms with Gasteiger partial charge < -0.3 is 20.3 Å². The number of benzene rings is 1. The zero-order chi connectivity index (χ0) is 16.5. The van der Waals surface area contributed by atoms with Gasteiger partial charge in [0.05, 0.1) is 18.2 Å². The Bertz CT molecular complexity index is 568. The fourth-order valence-electron chi connectivity index (χ4n) is 2.35. The highest BCUT2D eigenvalue weighted by Crippen LogP contribution is 2.38. The molecule has 0 amide bonds. The number of aliphatic hydroxyl groups excluding tert-OH is 1. The highest BCUT2D eigenvalue weighted by Gasteiger charge is 2.36. The van der Waals surface area contributed by atoms with E-state index in [2.05, 4.69) is 0 Å². The van der Waals surface area contributed by atoms with Gasteiger partial charge in [0.2, 0.25) is 0 Å². The van der Waals surface area contributed by atoms with E-state index in [1.165, 1.54) is 19.3 Å². The smallest absolute Gasteiger partial charge is 0.416 e. The Kier molecular flexibility index (Phi) is 4.55. The van der Waals surface area contributed by atoms with Crippen molar-refractivity contribution < 1.29 is 27.8 Å². The van der Waals surface area contributed by atoms with Crippen LogP contribution in [0, 0.1) is 5.92 Å². The molecule has 0 radical (unpaired) electrons. The molecule has 22 heavy (non-hydrogen) atoms. The van der Waals surface area contributed by atoms with Crippen LogP contribution in [0.25, 0.3) is 0 Å². The van der Waals surface area contributed by atoms with Gasteiger partial charge in [-0.1, -0.05) is 13.0 Å². The van der Waals surface area contributed by atoms with Crippen LogP contribution in [0.5, 0.6) is 5.75 Å². The third kappa shape index (κ3) is 3.47. The van der Waals surface area contributed by atoms with Crippen molar-refractivity contribution in [3.63, 3.8) is 0 Å². The van der Waals surface area contributed by atoms with Crippen LogP contribution in [0.15, 0.2) is 30.2 Å². The fourth-order valence-corrected chi connectivity index (χ4v) is 2.35. The summed E-state index contributed by atoms with van der Waals surface area (Å²) in [5.41, 5.74) is 5.80. The van der Waals surface area contributed by atoms with E-state index in [0.717, 1.165) is 12.1 Å². The normalized spacial score (nSPS) is 25.9. The minimum absolute atomic E-state index is 0.0165. The molecule has 1 aromatic carbocycles. The molecule has 0 fully saturated rings. The van der Waals surface area contributed by atoms with E-state index in [9.17, 15) is 18.3 Å². The molecule has 3 atom stereocenters. The lowest BCUT2D eigenvalue weighted by Gasteiger charge is -2.25. The van der Waals surface area contributed by atoms with Crippen LogP contribution in [-0.2, 0) is 10.9 Å². The second-order valence-electron chi connectivity index (χ2n) is 5.42. The number of hydrogen-bond acceptors (Lipinski definition) is 4. The summed E-state index contributed by atoms with van der Waals surface area (Å²) in [5, 5.41) is 9.19. The summed E-state index contributed by atoms with van der Waals surface area (Å²) in [6, 6.07) is 2.58. The van der Waals surface area contributed by atoms with Crippen LogP contribution in [0.3, 0.4) is 0 Å². The lowest BCUT2D eigenvalue weighted by Crippen LogP contribution is -2.33. The SMILES string of the molecule is C/C(O)=C/OC1C(C)COc2cc(C(F)(F)F)ccc2C1N. The minimum atomic E-state index is -4.44. The van der Waals surface area contributed by atoms with Gasteiger partial charge in [0, 0.05) is 11.5 Å². The molecule has 1 aromatic rings. The number of aliphatic hydroxyl groups is 1. The molecule has 0 saturated heterocycles. The topological polar surface area (TPSA) is 64.7 Å². The summed E-state index contributed by atoms with van der Waals surface area (Å²) >= 11 is 0. The minimum Gasteiger partial charge on any atom is -0.509 e. The van der Waals surface area contributed by atoms with Gasteiger partial charge in [0.15, 0.2) is 0 Å². The average molecular weight is 317 g/mol. The molecular weight excluding hydrogens is 299 g/mol. The summed E-state index contributed by atoms with van der Waals surface area (Å²) < 4.78 is 49.2. The van der Waals surface area contributed by atoms with Gasteiger partial charge in [0.1, 0.15) is 23.9 Å². The van der Waals surface area contributed by atoms with E-state index < -0.39 is 23.9 Å². The molecule has 0 spiro atoms. The van der Waals surface area contributed by atoms with Crippen molar-refractivity contribution >= 4 is 0 Å². The van der Waals surface area contributed by atoms with E-state index in [1.54, 1.807) is 0 Å². The van der Waals surface area contributed by atoms with Gasteiger partial charge in [-0.3, -0.25) is 0 Å². The number of fused-ring (bicyclic) bond motifs is 1. The van der Waals surface area contributed by atoms with Gasteiger partial charge in [0.25, 0.3) is 0 Å². The number of alkyl halides is 3. The van der Waals surface area contributed by atoms with Crippen molar-refractivity contribution in [3.05, 3.63) is 41.3 Å². The molecule has 3 N–H and O–H groups in total. The molecule has 122 valence electrons. The summed E-state index contributed by atoms with van der Waals surface area (Å²) in [6.07, 6.45) is -3.77. The van der Waals surface area contributed by atoms with E-state index in [0.29, 0.717) is 5.56 Å². The van der Waals surface area contributed by atoms with Crippen LogP contribution in [0.4, 0.5) is 13.2 Å². The summed E-state index contributed by atoms with van der Waals surface area (Å²) in [4.78, 5) is 0. The highest BCUT2D eigenvalue weighted by molar-refractivity contribution is 5.42. The number of ether oxygens (including phenoxy) is 2. The zero-order valence-electron chi connectivity index (χ0n) is 12.2. The molecule has 7 heteroatoms. The maximum atomic E-state index is 12.8. The number of hydrogen-bond donors (Lipinski definition) is 2. The lowest BCUT2D eigenvalue weighted by atomic mass is 9.93. The summed E-state index contributed by atoms with van der Waals surface area (Å²) in [5.74, 6) is -0.0606. The maximum absolute atomic E-state index is 12.8. The van der Waals surface area contributed by atoms with E-state index in [4.69, 9.17) is 15.2 Å². The molecule has 4 nitrogen and oxygen atoms in total. The Balaban J connectivity index is 2.35. The maximum Gasteiger partial charge on any atom is 0.416 e. The standard InChI is InChI=1S/C15H18F3NO3/c1-8-6-21-12-5-10(15(16,17)18)3-4-11(12)13(19)14(8)22-7-9(2)20/h3-5,7-8,13-14,20H,6,19H2,1-2H3/b9-7-. The van der Waals surface area contributed by atoms with E-state index >= 15 is 0 Å². The average Bonchev–Trinajstić information content (AvgIpc) is 2.53. The van der Waals surface area contributed by atoms with Crippen molar-refractivity contribution in [2.75, 3.05) is 6.61 Å². The summed E-state index contributed by atoms with van der Waals surface area (Å²) in [6.45, 7) is 3.44. The van der Waals surface area contributed by atoms with Crippen LogP contribution in [0.2, 0.25) is 0 Å². The molecular formula is C15H18F3NO3. The van der Waals surface area contributed by atoms with Crippen LogP contribution in [0.1, 0.15) is 31.0 Å². The van der Waals surface area contributed by atoms with Crippen molar-refractivity contribution in [2.45, 2.75) is 32.2 Å². The van der Waals surface area contributed by atoms with E-state index in [-0.39, 0.29) is 24.0 Å². The molecule has 1 aliphatic heterocycles. The fraction of sp³-hybridized carbons (Fsp3) is 0.467. The van der Waals surface area contributed by atoms with Crippen molar-refractivity contribution in [2.24, 2.45) is 11.7 Å². The van der Waals surface area contributed by atoms with Crippen molar-refractivity contribution in [1.82, 2.24) is 0 Å². The van der Waals surface area contributed by atoms with Crippen LogP contribution in [-0.4, -0.2) is 17.8 Å². The third-order valence-corrected chi connectivity index (χ3v) is 3.51. The first-order valence-corrected chi connectivity index (χ1v) is 6.81. The number of rotatable bonds is 2. The number of nitrogens with two attached hydrogens (primary N) is 1. The first kappa shape index (κ1) is 16.5. The third-order valence-electron chi connectivity index (χ3n) is 3.51. The van der Waals surface area contributed by atoms with Gasteiger partial charge in [-0.2, -0.15) is 13.2 Å². The van der Waals surface area contributed by atoms with Gasteiger partial charge in [-0.15, -0.1) is 0 Å². The molecule has 0 saturated carbocycles. The van der Waals surface area contributed by atoms with Gasteiger partial charge in [-0.05, 0) is 19.1 Å². The summed E-state index contributed by atoms with van der Waals surface area (Å²) in [7, 11) is 0. The molecule has 2 rings (SSSR count). The number of halogens is 3. The Hall–Kier alpha value is -1.89. The molecule has 1 heterocycles. The molecule has 0 bridgehead atoms. The zero-order valence-corrected chi connectivity index (χ0v) is 12.2. The quantitative estimate of drug-likeness (QED) is 0.819. The van der Waals surface area contributed by atoms with Crippen molar-refractivity contribution in [3.8, 4) is 5.75 Å². The second kappa shape index (κ2) is 6.08. The monoisotopic (exact) mass is 317 g/mol. The molecule has 0 aliphatic carbocycles. The lowest BCUT2D eigenvalue weighted by molar-refractivity contribution is -0.137. The largest absolute Gasteiger partial charge is 0.509 e. The van der Waals surface area contributed by atoms with Crippen molar-refractivity contribution in [1.29, 1.82) is 0 Å². The predicted molar refractivity (Wildman–Crippen MR) is 74.3 cm³/mol. The predicted octanol–water partition coefficient (Wildman–Crippen LogP) is 3.54. The molecule has 1 aliphatic rings. The van der Waals surface area contributed by atoms with Gasteiger partial charge >= 0.3 is 6.18 Å². The number of allylic oxidation sites excluding steroid dienone is 1. The molecule has 3 unspecified atom stereocenters. The first-order valence-electron chi connectivity index (χ1n) is 6.81. The Morgan fingerprint density at radius 2 is 2.14 bits per heavy atom. The highest BCUT2D eigenvalue weighted by atomic mass is 19.4. The Labute approximate surface area is 126 Å². The second-order valence-corrected chi connectivity index (χ2v) is 5.42. The van der Waals surface area contributed by atoms with E-state index in [1.807, 2.05) is 6.92 Å². The van der Waals surface area contributed by atoms with Crippen LogP contribution < -0.4 is 10.5 Å². The van der Waals surface area contributed by atoms with Crippen LogP contribution >= 0.6 is 0 Å². The first-order chi connectivity index (χ1) is 10.2.